The minimum absolute atomic E-state index is 0.0484. The third kappa shape index (κ3) is 7.20. The van der Waals surface area contributed by atoms with Gasteiger partial charge in [0.05, 0.1) is 6.26 Å². The van der Waals surface area contributed by atoms with Gasteiger partial charge in [0, 0.05) is 44.5 Å². The summed E-state index contributed by atoms with van der Waals surface area (Å²) in [5.74, 6) is -0.335. The molecule has 8 heteroatoms. The molecular weight excluding hydrogens is 332 g/mol. The number of nitrogens with one attached hydrogen (secondary N) is 1. The predicted molar refractivity (Wildman–Crippen MR) is 92.6 cm³/mol. The number of sulfonamides is 1. The van der Waals surface area contributed by atoms with Crippen LogP contribution in [-0.2, 0) is 19.6 Å². The lowest BCUT2D eigenvalue weighted by Gasteiger charge is -2.19. The molecule has 0 radical (unpaired) electrons. The SMILES string of the molecule is COCCCN(CCC(=O)Nc1ccc(C(C)=O)cc1)S(C)(=O)=O. The van der Waals surface area contributed by atoms with Gasteiger partial charge in [0.2, 0.25) is 15.9 Å². The van der Waals surface area contributed by atoms with Crippen LogP contribution < -0.4 is 5.32 Å². The highest BCUT2D eigenvalue weighted by atomic mass is 32.2. The van der Waals surface area contributed by atoms with Crippen LogP contribution in [-0.4, -0.2) is 57.5 Å². The van der Waals surface area contributed by atoms with Gasteiger partial charge in [-0.2, -0.15) is 0 Å². The molecule has 0 fully saturated rings. The molecule has 1 aromatic carbocycles. The minimum Gasteiger partial charge on any atom is -0.385 e. The Hall–Kier alpha value is -1.77. The second-order valence-electron chi connectivity index (χ2n) is 5.44. The standard InChI is InChI=1S/C16H24N2O5S/c1-13(19)14-5-7-15(8-6-14)17-16(20)9-11-18(24(3,21)22)10-4-12-23-2/h5-8H,4,9-12H2,1-3H3,(H,17,20). The van der Waals surface area contributed by atoms with Crippen LogP contribution in [0.5, 0.6) is 0 Å². The molecule has 0 aliphatic rings. The molecule has 0 aliphatic carbocycles. The summed E-state index contributed by atoms with van der Waals surface area (Å²) in [6, 6.07) is 6.54. The molecule has 24 heavy (non-hydrogen) atoms. The summed E-state index contributed by atoms with van der Waals surface area (Å²) < 4.78 is 29.6. The van der Waals surface area contributed by atoms with E-state index in [1.165, 1.54) is 11.2 Å². The van der Waals surface area contributed by atoms with E-state index in [0.29, 0.717) is 30.8 Å². The third-order valence-corrected chi connectivity index (χ3v) is 4.69. The van der Waals surface area contributed by atoms with Crippen LogP contribution in [0.15, 0.2) is 24.3 Å². The van der Waals surface area contributed by atoms with E-state index in [9.17, 15) is 18.0 Å². The number of ether oxygens (including phenoxy) is 1. The van der Waals surface area contributed by atoms with Crippen LogP contribution >= 0.6 is 0 Å². The van der Waals surface area contributed by atoms with Gasteiger partial charge in [-0.05, 0) is 37.6 Å². The first kappa shape index (κ1) is 20.3. The van der Waals surface area contributed by atoms with Crippen molar-refractivity contribution in [3.8, 4) is 0 Å². The fourth-order valence-corrected chi connectivity index (χ4v) is 2.95. The number of Topliss-reactive ketones (excluding diaryl/α,β-unsaturated/α-hetero) is 1. The molecule has 0 bridgehead atoms. The summed E-state index contributed by atoms with van der Waals surface area (Å²) in [4.78, 5) is 23.2. The first-order valence-electron chi connectivity index (χ1n) is 7.59. The second kappa shape index (κ2) is 9.51. The van der Waals surface area contributed by atoms with Crippen molar-refractivity contribution >= 4 is 27.4 Å². The van der Waals surface area contributed by atoms with E-state index in [4.69, 9.17) is 4.74 Å². The molecule has 0 atom stereocenters. The number of methoxy groups -OCH3 is 1. The molecule has 0 spiro atoms. The van der Waals surface area contributed by atoms with Crippen molar-refractivity contribution in [3.63, 3.8) is 0 Å². The van der Waals surface area contributed by atoms with Crippen LogP contribution in [0.2, 0.25) is 0 Å². The van der Waals surface area contributed by atoms with E-state index < -0.39 is 10.0 Å². The minimum atomic E-state index is -3.37. The first-order valence-corrected chi connectivity index (χ1v) is 9.44. The average Bonchev–Trinajstić information content (AvgIpc) is 2.50. The van der Waals surface area contributed by atoms with Gasteiger partial charge in [0.25, 0.3) is 0 Å². The van der Waals surface area contributed by atoms with Crippen LogP contribution in [0.3, 0.4) is 0 Å². The van der Waals surface area contributed by atoms with Crippen molar-refractivity contribution in [1.82, 2.24) is 4.31 Å². The van der Waals surface area contributed by atoms with Crippen molar-refractivity contribution in [2.24, 2.45) is 0 Å². The summed E-state index contributed by atoms with van der Waals surface area (Å²) in [5, 5.41) is 2.69. The third-order valence-electron chi connectivity index (χ3n) is 3.39. The Morgan fingerprint density at radius 2 is 1.79 bits per heavy atom. The van der Waals surface area contributed by atoms with Crippen molar-refractivity contribution in [3.05, 3.63) is 29.8 Å². The van der Waals surface area contributed by atoms with Crippen molar-refractivity contribution in [2.75, 3.05) is 38.4 Å². The Kier molecular flexibility index (Phi) is 8.03. The van der Waals surface area contributed by atoms with Gasteiger partial charge in [-0.25, -0.2) is 12.7 Å². The average molecular weight is 356 g/mol. The molecule has 134 valence electrons. The number of rotatable bonds is 10. The van der Waals surface area contributed by atoms with Crippen molar-refractivity contribution in [1.29, 1.82) is 0 Å². The number of carbonyl (C=O) groups excluding carboxylic acids is 2. The quantitative estimate of drug-likeness (QED) is 0.507. The van der Waals surface area contributed by atoms with Crippen molar-refractivity contribution in [2.45, 2.75) is 19.8 Å². The molecule has 1 aromatic rings. The van der Waals surface area contributed by atoms with E-state index >= 15 is 0 Å². The largest absolute Gasteiger partial charge is 0.385 e. The molecule has 7 nitrogen and oxygen atoms in total. The lowest BCUT2D eigenvalue weighted by molar-refractivity contribution is -0.116. The molecule has 0 aliphatic heterocycles. The number of amides is 1. The fraction of sp³-hybridized carbons (Fsp3) is 0.500. The Morgan fingerprint density at radius 1 is 1.17 bits per heavy atom. The van der Waals surface area contributed by atoms with Gasteiger partial charge >= 0.3 is 0 Å². The highest BCUT2D eigenvalue weighted by Gasteiger charge is 2.17. The number of hydrogen-bond acceptors (Lipinski definition) is 5. The van der Waals surface area contributed by atoms with E-state index in [1.807, 2.05) is 0 Å². The Balaban J connectivity index is 2.54. The highest BCUT2D eigenvalue weighted by Crippen LogP contribution is 2.11. The summed E-state index contributed by atoms with van der Waals surface area (Å²) in [6.45, 7) is 2.35. The number of anilines is 1. The van der Waals surface area contributed by atoms with E-state index in [0.717, 1.165) is 6.26 Å². The maximum absolute atomic E-state index is 12.0. The Labute approximate surface area is 143 Å². The molecular formula is C16H24N2O5S. The number of nitrogens with zero attached hydrogens (tertiary/aromatic N) is 1. The zero-order valence-corrected chi connectivity index (χ0v) is 15.1. The molecule has 0 aromatic heterocycles. The number of ketones is 1. The second-order valence-corrected chi connectivity index (χ2v) is 7.42. The van der Waals surface area contributed by atoms with E-state index in [2.05, 4.69) is 5.32 Å². The van der Waals surface area contributed by atoms with Gasteiger partial charge in [0.15, 0.2) is 5.78 Å². The lowest BCUT2D eigenvalue weighted by Crippen LogP contribution is -2.34. The monoisotopic (exact) mass is 356 g/mol. The Bertz CT molecular complexity index is 656. The molecule has 0 saturated heterocycles. The van der Waals surface area contributed by atoms with Gasteiger partial charge in [-0.3, -0.25) is 9.59 Å². The van der Waals surface area contributed by atoms with Crippen LogP contribution in [0, 0.1) is 0 Å². The molecule has 1 rings (SSSR count). The zero-order valence-electron chi connectivity index (χ0n) is 14.2. The normalized spacial score (nSPS) is 11.5. The zero-order chi connectivity index (χ0) is 18.2. The van der Waals surface area contributed by atoms with Gasteiger partial charge in [-0.1, -0.05) is 0 Å². The topological polar surface area (TPSA) is 92.8 Å². The number of benzene rings is 1. The maximum atomic E-state index is 12.0. The molecule has 1 N–H and O–H groups in total. The van der Waals surface area contributed by atoms with Crippen LogP contribution in [0.4, 0.5) is 5.69 Å². The Morgan fingerprint density at radius 3 is 2.29 bits per heavy atom. The summed E-state index contributed by atoms with van der Waals surface area (Å²) >= 11 is 0. The molecule has 0 saturated carbocycles. The summed E-state index contributed by atoms with van der Waals surface area (Å²) in [5.41, 5.74) is 1.13. The summed E-state index contributed by atoms with van der Waals surface area (Å²) in [7, 11) is -1.82. The van der Waals surface area contributed by atoms with E-state index in [1.54, 1.807) is 31.4 Å². The predicted octanol–water partition coefficient (Wildman–Crippen LogP) is 1.52. The van der Waals surface area contributed by atoms with Crippen LogP contribution in [0.1, 0.15) is 30.1 Å². The number of carbonyl (C=O) groups is 2. The highest BCUT2D eigenvalue weighted by molar-refractivity contribution is 7.88. The molecule has 0 heterocycles. The van der Waals surface area contributed by atoms with E-state index in [-0.39, 0.29) is 24.7 Å². The lowest BCUT2D eigenvalue weighted by atomic mass is 10.1. The molecule has 0 unspecified atom stereocenters. The molecule has 1 amide bonds. The smallest absolute Gasteiger partial charge is 0.225 e. The van der Waals surface area contributed by atoms with Gasteiger partial charge in [-0.15, -0.1) is 0 Å². The van der Waals surface area contributed by atoms with Crippen molar-refractivity contribution < 1.29 is 22.7 Å². The summed E-state index contributed by atoms with van der Waals surface area (Å²) in [6.07, 6.45) is 1.74. The first-order chi connectivity index (χ1) is 11.2. The van der Waals surface area contributed by atoms with Gasteiger partial charge < -0.3 is 10.1 Å². The van der Waals surface area contributed by atoms with Gasteiger partial charge in [0.1, 0.15) is 0 Å². The van der Waals surface area contributed by atoms with Crippen LogP contribution in [0.25, 0.3) is 0 Å². The maximum Gasteiger partial charge on any atom is 0.225 e. The fourth-order valence-electron chi connectivity index (χ4n) is 2.07. The number of hydrogen-bond donors (Lipinski definition) is 1.